The van der Waals surface area contributed by atoms with Crippen molar-refractivity contribution in [2.45, 2.75) is 12.8 Å². The van der Waals surface area contributed by atoms with E-state index in [-0.39, 0.29) is 47.3 Å². The molecular formula is C17H16N2O4. The minimum absolute atomic E-state index is 0.0369. The van der Waals surface area contributed by atoms with E-state index in [9.17, 15) is 19.8 Å². The van der Waals surface area contributed by atoms with Crippen LogP contribution in [0.1, 0.15) is 39.1 Å². The molecule has 23 heavy (non-hydrogen) atoms. The quantitative estimate of drug-likeness (QED) is 0.282. The number of phenols is 2. The minimum atomic E-state index is -0.385. The second-order valence-corrected chi connectivity index (χ2v) is 5.01. The summed E-state index contributed by atoms with van der Waals surface area (Å²) >= 11 is 0. The van der Waals surface area contributed by atoms with Crippen LogP contribution < -0.4 is 5.73 Å². The van der Waals surface area contributed by atoms with Crippen molar-refractivity contribution in [1.29, 1.82) is 5.41 Å². The van der Waals surface area contributed by atoms with Crippen molar-refractivity contribution >= 4 is 17.4 Å². The molecule has 0 aromatic heterocycles. The summed E-state index contributed by atoms with van der Waals surface area (Å²) in [5.74, 6) is -1.51. The number of rotatable bonds is 6. The number of aromatic hydroxyl groups is 2. The average molecular weight is 312 g/mol. The lowest BCUT2D eigenvalue weighted by Gasteiger charge is -2.07. The second-order valence-electron chi connectivity index (χ2n) is 5.01. The Hall–Kier alpha value is -3.15. The third kappa shape index (κ3) is 3.74. The molecule has 0 saturated carbocycles. The lowest BCUT2D eigenvalue weighted by atomic mass is 9.97. The summed E-state index contributed by atoms with van der Waals surface area (Å²) in [4.78, 5) is 24.3. The Kier molecular flexibility index (Phi) is 4.75. The van der Waals surface area contributed by atoms with Crippen molar-refractivity contribution in [2.24, 2.45) is 5.73 Å². The van der Waals surface area contributed by atoms with Crippen LogP contribution >= 0.6 is 0 Å². The Morgan fingerprint density at radius 2 is 1.52 bits per heavy atom. The molecular weight excluding hydrogens is 296 g/mol. The molecule has 0 aliphatic rings. The smallest absolute Gasteiger partial charge is 0.164 e. The predicted octanol–water partition coefficient (Wildman–Crippen LogP) is 2.23. The van der Waals surface area contributed by atoms with Gasteiger partial charge in [-0.1, -0.05) is 24.3 Å². The van der Waals surface area contributed by atoms with E-state index < -0.39 is 0 Å². The lowest BCUT2D eigenvalue weighted by Crippen LogP contribution is -2.16. The molecule has 0 atom stereocenters. The van der Waals surface area contributed by atoms with Gasteiger partial charge < -0.3 is 15.9 Å². The normalized spacial score (nSPS) is 10.3. The fourth-order valence-electron chi connectivity index (χ4n) is 2.16. The van der Waals surface area contributed by atoms with E-state index in [0.717, 1.165) is 6.07 Å². The first-order valence-electron chi connectivity index (χ1n) is 6.92. The Morgan fingerprint density at radius 3 is 2.13 bits per heavy atom. The van der Waals surface area contributed by atoms with Gasteiger partial charge in [0, 0.05) is 29.5 Å². The number of nitrogens with two attached hydrogens (primary N) is 1. The summed E-state index contributed by atoms with van der Waals surface area (Å²) in [5, 5.41) is 26.1. The molecule has 0 amide bonds. The van der Waals surface area contributed by atoms with Crippen LogP contribution in [-0.2, 0) is 0 Å². The molecule has 0 spiro atoms. The first kappa shape index (κ1) is 16.2. The Balaban J connectivity index is 2.08. The van der Waals surface area contributed by atoms with Crippen molar-refractivity contribution in [2.75, 3.05) is 0 Å². The molecule has 0 aliphatic heterocycles. The van der Waals surface area contributed by atoms with Crippen molar-refractivity contribution in [3.8, 4) is 11.5 Å². The SMILES string of the molecule is N=C(N)c1ccccc1C(=O)CCC(=O)c1ccc(O)c(O)c1. The van der Waals surface area contributed by atoms with Gasteiger partial charge in [-0.05, 0) is 18.2 Å². The van der Waals surface area contributed by atoms with E-state index in [0.29, 0.717) is 11.1 Å². The average Bonchev–Trinajstić information content (AvgIpc) is 2.54. The second kappa shape index (κ2) is 6.74. The first-order valence-corrected chi connectivity index (χ1v) is 6.92. The molecule has 2 rings (SSSR count). The molecule has 0 saturated heterocycles. The van der Waals surface area contributed by atoms with E-state index in [1.165, 1.54) is 12.1 Å². The molecule has 6 nitrogen and oxygen atoms in total. The number of nitrogen functional groups attached to an aromatic ring is 1. The number of nitrogens with one attached hydrogen (secondary N) is 1. The number of carbonyl (C=O) groups is 2. The molecule has 6 heteroatoms. The topological polar surface area (TPSA) is 124 Å². The predicted molar refractivity (Wildman–Crippen MR) is 85.1 cm³/mol. The largest absolute Gasteiger partial charge is 0.504 e. The molecule has 0 unspecified atom stereocenters. The van der Waals surface area contributed by atoms with Gasteiger partial charge in [-0.15, -0.1) is 0 Å². The van der Waals surface area contributed by atoms with Gasteiger partial charge in [-0.2, -0.15) is 0 Å². The van der Waals surface area contributed by atoms with Gasteiger partial charge >= 0.3 is 0 Å². The summed E-state index contributed by atoms with van der Waals surface area (Å²) in [6, 6.07) is 10.2. The zero-order valence-corrected chi connectivity index (χ0v) is 12.2. The Morgan fingerprint density at radius 1 is 0.913 bits per heavy atom. The van der Waals surface area contributed by atoms with E-state index in [1.54, 1.807) is 24.3 Å². The molecule has 2 aromatic rings. The molecule has 0 bridgehead atoms. The summed E-state index contributed by atoms with van der Waals surface area (Å²) in [5.41, 5.74) is 6.31. The zero-order valence-electron chi connectivity index (χ0n) is 12.2. The fourth-order valence-corrected chi connectivity index (χ4v) is 2.16. The van der Waals surface area contributed by atoms with E-state index in [4.69, 9.17) is 11.1 Å². The number of hydrogen-bond donors (Lipinski definition) is 4. The van der Waals surface area contributed by atoms with Crippen molar-refractivity contribution in [3.63, 3.8) is 0 Å². The van der Waals surface area contributed by atoms with Gasteiger partial charge in [-0.25, -0.2) is 0 Å². The summed E-state index contributed by atoms with van der Waals surface area (Å²) in [7, 11) is 0. The highest BCUT2D eigenvalue weighted by Crippen LogP contribution is 2.25. The van der Waals surface area contributed by atoms with Crippen LogP contribution in [-0.4, -0.2) is 27.6 Å². The van der Waals surface area contributed by atoms with Crippen molar-refractivity contribution in [3.05, 3.63) is 59.2 Å². The maximum atomic E-state index is 12.2. The molecule has 0 heterocycles. The van der Waals surface area contributed by atoms with E-state index in [2.05, 4.69) is 0 Å². The minimum Gasteiger partial charge on any atom is -0.504 e. The van der Waals surface area contributed by atoms with Crippen LogP contribution in [0, 0.1) is 5.41 Å². The monoisotopic (exact) mass is 312 g/mol. The highest BCUT2D eigenvalue weighted by molar-refractivity contribution is 6.09. The summed E-state index contributed by atoms with van der Waals surface area (Å²) in [6.45, 7) is 0. The Labute approximate surface area is 132 Å². The number of Topliss-reactive ketones (excluding diaryl/α,β-unsaturated/α-hetero) is 2. The standard InChI is InChI=1S/C17H16N2O4/c18-17(19)12-4-2-1-3-11(12)14(21)8-7-13(20)10-5-6-15(22)16(23)9-10/h1-6,9,22-23H,7-8H2,(H3,18,19). The maximum Gasteiger partial charge on any atom is 0.164 e. The Bertz CT molecular complexity index is 784. The highest BCUT2D eigenvalue weighted by Gasteiger charge is 2.15. The third-order valence-corrected chi connectivity index (χ3v) is 3.39. The fraction of sp³-hybridized carbons (Fsp3) is 0.118. The molecule has 5 N–H and O–H groups in total. The number of amidine groups is 1. The maximum absolute atomic E-state index is 12.2. The van der Waals surface area contributed by atoms with E-state index in [1.807, 2.05) is 0 Å². The van der Waals surface area contributed by atoms with Crippen LogP contribution in [0.5, 0.6) is 11.5 Å². The van der Waals surface area contributed by atoms with Crippen LogP contribution in [0.15, 0.2) is 42.5 Å². The first-order chi connectivity index (χ1) is 10.9. The molecule has 2 aromatic carbocycles. The van der Waals surface area contributed by atoms with E-state index >= 15 is 0 Å². The van der Waals surface area contributed by atoms with Crippen molar-refractivity contribution in [1.82, 2.24) is 0 Å². The van der Waals surface area contributed by atoms with Gasteiger partial charge in [0.15, 0.2) is 23.1 Å². The highest BCUT2D eigenvalue weighted by atomic mass is 16.3. The van der Waals surface area contributed by atoms with Crippen LogP contribution in [0.4, 0.5) is 0 Å². The molecule has 118 valence electrons. The van der Waals surface area contributed by atoms with Crippen molar-refractivity contribution < 1.29 is 19.8 Å². The van der Waals surface area contributed by atoms with Gasteiger partial charge in [-0.3, -0.25) is 15.0 Å². The molecule has 0 aliphatic carbocycles. The molecule has 0 radical (unpaired) electrons. The van der Waals surface area contributed by atoms with Gasteiger partial charge in [0.2, 0.25) is 0 Å². The number of carbonyl (C=O) groups excluding carboxylic acids is 2. The number of hydrogen-bond acceptors (Lipinski definition) is 5. The summed E-state index contributed by atoms with van der Waals surface area (Å²) < 4.78 is 0. The van der Waals surface area contributed by atoms with Gasteiger partial charge in [0.05, 0.1) is 0 Å². The third-order valence-electron chi connectivity index (χ3n) is 3.39. The van der Waals surface area contributed by atoms with Crippen LogP contribution in [0.2, 0.25) is 0 Å². The number of ketones is 2. The lowest BCUT2D eigenvalue weighted by molar-refractivity contribution is 0.0917. The van der Waals surface area contributed by atoms with Gasteiger partial charge in [0.1, 0.15) is 5.84 Å². The van der Waals surface area contributed by atoms with Gasteiger partial charge in [0.25, 0.3) is 0 Å². The molecule has 0 fully saturated rings. The van der Waals surface area contributed by atoms with Crippen LogP contribution in [0.25, 0.3) is 0 Å². The number of phenolic OH excluding ortho intramolecular Hbond substituents is 2. The zero-order chi connectivity index (χ0) is 17.0. The number of benzene rings is 2. The summed E-state index contributed by atoms with van der Waals surface area (Å²) in [6.07, 6.45) is -0.0833. The van der Waals surface area contributed by atoms with Crippen LogP contribution in [0.3, 0.4) is 0 Å².